The quantitative estimate of drug-likeness (QED) is 0.606. The van der Waals surface area contributed by atoms with Gasteiger partial charge in [0.2, 0.25) is 11.8 Å². The molecular formula is C18H20N4O2. The van der Waals surface area contributed by atoms with Gasteiger partial charge in [0.25, 0.3) is 0 Å². The minimum absolute atomic E-state index is 0.0928. The van der Waals surface area contributed by atoms with Gasteiger partial charge in [-0.1, -0.05) is 36.4 Å². The van der Waals surface area contributed by atoms with Gasteiger partial charge in [0, 0.05) is 18.3 Å². The lowest BCUT2D eigenvalue weighted by atomic mass is 10.1. The van der Waals surface area contributed by atoms with Crippen LogP contribution in [0.15, 0.2) is 59.8 Å². The highest BCUT2D eigenvalue weighted by Gasteiger charge is 2.06. The maximum atomic E-state index is 11.8. The van der Waals surface area contributed by atoms with Gasteiger partial charge in [-0.3, -0.25) is 9.59 Å². The van der Waals surface area contributed by atoms with Gasteiger partial charge < -0.3 is 5.32 Å². The molecule has 0 aliphatic heterocycles. The predicted molar refractivity (Wildman–Crippen MR) is 93.5 cm³/mol. The molecule has 0 fully saturated rings. The van der Waals surface area contributed by atoms with E-state index in [1.165, 1.54) is 0 Å². The molecule has 0 atom stereocenters. The largest absolute Gasteiger partial charge is 0.310 e. The van der Waals surface area contributed by atoms with E-state index in [0.717, 1.165) is 5.56 Å². The Kier molecular flexibility index (Phi) is 6.64. The molecule has 6 heteroatoms. The number of nitrogens with one attached hydrogen (secondary N) is 2. The number of aryl methyl sites for hydroxylation is 1. The molecular weight excluding hydrogens is 304 g/mol. The molecule has 0 saturated carbocycles. The summed E-state index contributed by atoms with van der Waals surface area (Å²) in [7, 11) is 0. The average Bonchev–Trinajstić information content (AvgIpc) is 2.60. The molecule has 0 saturated heterocycles. The molecule has 2 N–H and O–H groups in total. The third-order valence-corrected chi connectivity index (χ3v) is 3.20. The number of aromatic nitrogens is 1. The van der Waals surface area contributed by atoms with Crippen LogP contribution in [0.3, 0.4) is 0 Å². The van der Waals surface area contributed by atoms with E-state index >= 15 is 0 Å². The van der Waals surface area contributed by atoms with Crippen LogP contribution in [0.25, 0.3) is 0 Å². The highest BCUT2D eigenvalue weighted by atomic mass is 16.2. The monoisotopic (exact) mass is 324 g/mol. The van der Waals surface area contributed by atoms with Crippen molar-refractivity contribution >= 4 is 23.3 Å². The summed E-state index contributed by atoms with van der Waals surface area (Å²) < 4.78 is 0. The summed E-state index contributed by atoms with van der Waals surface area (Å²) in [4.78, 5) is 27.6. The van der Waals surface area contributed by atoms with Crippen molar-refractivity contribution in [2.24, 2.45) is 5.10 Å². The fourth-order valence-electron chi connectivity index (χ4n) is 2.01. The second kappa shape index (κ2) is 9.19. The number of nitrogens with zero attached hydrogens (tertiary/aromatic N) is 2. The van der Waals surface area contributed by atoms with Gasteiger partial charge in [-0.15, -0.1) is 0 Å². The van der Waals surface area contributed by atoms with Crippen LogP contribution in [0.5, 0.6) is 0 Å². The number of benzene rings is 1. The summed E-state index contributed by atoms with van der Waals surface area (Å²) in [6.07, 6.45) is 2.70. The van der Waals surface area contributed by atoms with E-state index in [9.17, 15) is 9.59 Å². The lowest BCUT2D eigenvalue weighted by Gasteiger charge is -2.05. The van der Waals surface area contributed by atoms with Crippen molar-refractivity contribution in [1.82, 2.24) is 10.4 Å². The van der Waals surface area contributed by atoms with Gasteiger partial charge in [-0.25, -0.2) is 10.4 Å². The van der Waals surface area contributed by atoms with E-state index in [-0.39, 0.29) is 18.2 Å². The lowest BCUT2D eigenvalue weighted by molar-refractivity contribution is -0.121. The van der Waals surface area contributed by atoms with E-state index in [4.69, 9.17) is 0 Å². The zero-order valence-electron chi connectivity index (χ0n) is 13.5. The molecule has 0 bridgehead atoms. The van der Waals surface area contributed by atoms with Gasteiger partial charge in [0.1, 0.15) is 5.82 Å². The topological polar surface area (TPSA) is 83.4 Å². The van der Waals surface area contributed by atoms with Gasteiger partial charge in [-0.2, -0.15) is 5.10 Å². The van der Waals surface area contributed by atoms with Crippen LogP contribution in [-0.4, -0.2) is 22.5 Å². The lowest BCUT2D eigenvalue weighted by Crippen LogP contribution is -2.21. The maximum absolute atomic E-state index is 11.8. The Balaban J connectivity index is 1.72. The van der Waals surface area contributed by atoms with Crippen LogP contribution < -0.4 is 10.7 Å². The Bertz CT molecular complexity index is 699. The number of hydrogen-bond donors (Lipinski definition) is 2. The van der Waals surface area contributed by atoms with Gasteiger partial charge in [0.15, 0.2) is 0 Å². The molecule has 1 aromatic heterocycles. The Morgan fingerprint density at radius 3 is 2.50 bits per heavy atom. The molecule has 2 amide bonds. The zero-order chi connectivity index (χ0) is 17.2. The zero-order valence-corrected chi connectivity index (χ0v) is 13.5. The number of amides is 2. The number of hydrazone groups is 1. The Hall–Kier alpha value is -3.02. The molecule has 1 aromatic carbocycles. The van der Waals surface area contributed by atoms with E-state index in [1.807, 2.05) is 30.3 Å². The Labute approximate surface area is 141 Å². The first-order chi connectivity index (χ1) is 11.6. The summed E-state index contributed by atoms with van der Waals surface area (Å²) in [6.45, 7) is 1.69. The Morgan fingerprint density at radius 1 is 1.04 bits per heavy atom. The molecule has 0 aliphatic rings. The second-order valence-corrected chi connectivity index (χ2v) is 5.31. The number of pyridine rings is 1. The molecule has 2 rings (SSSR count). The fourth-order valence-corrected chi connectivity index (χ4v) is 2.01. The van der Waals surface area contributed by atoms with E-state index < -0.39 is 0 Å². The van der Waals surface area contributed by atoms with Crippen LogP contribution in [0.2, 0.25) is 0 Å². The molecule has 2 aromatic rings. The van der Waals surface area contributed by atoms with E-state index in [0.29, 0.717) is 24.4 Å². The highest BCUT2D eigenvalue weighted by Crippen LogP contribution is 2.03. The van der Waals surface area contributed by atoms with Gasteiger partial charge >= 0.3 is 0 Å². The standard InChI is InChI=1S/C18H20N4O2/c1-14(13-18(24)20-16-9-5-6-12-19-16)21-22-17(23)11-10-15-7-3-2-4-8-15/h2-9,12H,10-11,13H2,1H3,(H,22,23)(H,19,20,24). The first-order valence-electron chi connectivity index (χ1n) is 7.70. The van der Waals surface area contributed by atoms with Gasteiger partial charge in [-0.05, 0) is 31.0 Å². The predicted octanol–water partition coefficient (Wildman–Crippen LogP) is 2.54. The summed E-state index contributed by atoms with van der Waals surface area (Å²) >= 11 is 0. The summed E-state index contributed by atoms with van der Waals surface area (Å²) in [5, 5.41) is 6.62. The van der Waals surface area contributed by atoms with E-state index in [1.54, 1.807) is 31.3 Å². The molecule has 1 heterocycles. The van der Waals surface area contributed by atoms with Gasteiger partial charge in [0.05, 0.1) is 6.42 Å². The summed E-state index contributed by atoms with van der Waals surface area (Å²) in [5.74, 6) is 0.0824. The van der Waals surface area contributed by atoms with Crippen molar-refractivity contribution in [2.75, 3.05) is 5.32 Å². The molecule has 24 heavy (non-hydrogen) atoms. The van der Waals surface area contributed by atoms with Crippen LogP contribution in [0.4, 0.5) is 5.82 Å². The molecule has 0 aliphatic carbocycles. The minimum atomic E-state index is -0.228. The van der Waals surface area contributed by atoms with Crippen molar-refractivity contribution < 1.29 is 9.59 Å². The molecule has 124 valence electrons. The van der Waals surface area contributed by atoms with Crippen molar-refractivity contribution in [1.29, 1.82) is 0 Å². The van der Waals surface area contributed by atoms with Crippen molar-refractivity contribution in [3.05, 3.63) is 60.3 Å². The molecule has 0 radical (unpaired) electrons. The second-order valence-electron chi connectivity index (χ2n) is 5.31. The third-order valence-electron chi connectivity index (χ3n) is 3.20. The summed E-state index contributed by atoms with van der Waals surface area (Å²) in [5.41, 5.74) is 4.10. The fraction of sp³-hybridized carbons (Fsp3) is 0.222. The average molecular weight is 324 g/mol. The number of hydrogen-bond acceptors (Lipinski definition) is 4. The van der Waals surface area contributed by atoms with Crippen LogP contribution >= 0.6 is 0 Å². The minimum Gasteiger partial charge on any atom is -0.310 e. The molecule has 6 nitrogen and oxygen atoms in total. The SMILES string of the molecule is CC(CC(=O)Nc1ccccn1)=NNC(=O)CCc1ccccc1. The van der Waals surface area contributed by atoms with Crippen LogP contribution in [-0.2, 0) is 16.0 Å². The van der Waals surface area contributed by atoms with Crippen molar-refractivity contribution in [2.45, 2.75) is 26.2 Å². The molecule has 0 unspecified atom stereocenters. The first kappa shape index (κ1) is 17.3. The number of rotatable bonds is 7. The summed E-state index contributed by atoms with van der Waals surface area (Å²) in [6, 6.07) is 15.0. The first-order valence-corrected chi connectivity index (χ1v) is 7.70. The normalized spacial score (nSPS) is 11.0. The third kappa shape index (κ3) is 6.39. The van der Waals surface area contributed by atoms with Crippen LogP contribution in [0.1, 0.15) is 25.3 Å². The molecule has 0 spiro atoms. The van der Waals surface area contributed by atoms with Crippen molar-refractivity contribution in [3.8, 4) is 0 Å². The number of anilines is 1. The Morgan fingerprint density at radius 2 is 1.79 bits per heavy atom. The maximum Gasteiger partial charge on any atom is 0.240 e. The smallest absolute Gasteiger partial charge is 0.240 e. The number of carbonyl (C=O) groups excluding carboxylic acids is 2. The number of carbonyl (C=O) groups is 2. The van der Waals surface area contributed by atoms with E-state index in [2.05, 4.69) is 20.8 Å². The van der Waals surface area contributed by atoms with Crippen molar-refractivity contribution in [3.63, 3.8) is 0 Å². The highest BCUT2D eigenvalue weighted by molar-refractivity contribution is 6.05. The van der Waals surface area contributed by atoms with Crippen LogP contribution in [0, 0.1) is 0 Å².